The molecule has 1 fully saturated rings. The van der Waals surface area contributed by atoms with Crippen LogP contribution < -0.4 is 0 Å². The van der Waals surface area contributed by atoms with E-state index in [4.69, 9.17) is 0 Å². The van der Waals surface area contributed by atoms with Crippen molar-refractivity contribution in [3.8, 4) is 0 Å². The van der Waals surface area contributed by atoms with E-state index in [0.29, 0.717) is 5.92 Å². The molecule has 0 bridgehead atoms. The highest BCUT2D eigenvalue weighted by Crippen LogP contribution is 2.42. The van der Waals surface area contributed by atoms with Crippen molar-refractivity contribution in [2.45, 2.75) is 38.7 Å². The second-order valence-electron chi connectivity index (χ2n) is 4.03. The summed E-state index contributed by atoms with van der Waals surface area (Å²) in [6.45, 7) is 3.87. The zero-order valence-electron chi connectivity index (χ0n) is 8.08. The molecule has 72 valence electrons. The minimum Gasteiger partial charge on any atom is -0.384 e. The summed E-state index contributed by atoms with van der Waals surface area (Å²) in [5, 5.41) is 13.3. The third-order valence-electron chi connectivity index (χ3n) is 3.04. The molecule has 0 spiro atoms. The van der Waals surface area contributed by atoms with E-state index in [2.05, 4.69) is 4.98 Å². The maximum absolute atomic E-state index is 10.3. The van der Waals surface area contributed by atoms with Gasteiger partial charge in [-0.25, -0.2) is 4.98 Å². The molecule has 1 aliphatic carbocycles. The number of nitrogens with zero attached hydrogens (tertiary/aromatic N) is 1. The average molecular weight is 197 g/mol. The van der Waals surface area contributed by atoms with Gasteiger partial charge in [-0.2, -0.15) is 0 Å². The Morgan fingerprint density at radius 1 is 1.62 bits per heavy atom. The summed E-state index contributed by atoms with van der Waals surface area (Å²) in [7, 11) is 0. The van der Waals surface area contributed by atoms with Crippen LogP contribution in [-0.4, -0.2) is 10.1 Å². The fraction of sp³-hybridized carbons (Fsp3) is 0.700. The monoisotopic (exact) mass is 197 g/mol. The molecule has 1 aliphatic rings. The van der Waals surface area contributed by atoms with E-state index in [-0.39, 0.29) is 0 Å². The zero-order valence-corrected chi connectivity index (χ0v) is 8.90. The van der Waals surface area contributed by atoms with Crippen molar-refractivity contribution in [1.82, 2.24) is 4.98 Å². The lowest BCUT2D eigenvalue weighted by atomic mass is 9.72. The molecular weight excluding hydrogens is 182 g/mol. The van der Waals surface area contributed by atoms with E-state index in [9.17, 15) is 5.11 Å². The van der Waals surface area contributed by atoms with Gasteiger partial charge in [0.2, 0.25) is 0 Å². The first-order valence-corrected chi connectivity index (χ1v) is 5.63. The summed E-state index contributed by atoms with van der Waals surface area (Å²) >= 11 is 1.61. The second kappa shape index (κ2) is 3.07. The van der Waals surface area contributed by atoms with E-state index in [1.54, 1.807) is 11.3 Å². The molecule has 1 saturated carbocycles. The van der Waals surface area contributed by atoms with Crippen LogP contribution in [0.25, 0.3) is 0 Å². The smallest absolute Gasteiger partial charge is 0.107 e. The quantitative estimate of drug-likeness (QED) is 0.790. The topological polar surface area (TPSA) is 33.1 Å². The molecule has 0 amide bonds. The summed E-state index contributed by atoms with van der Waals surface area (Å²) < 4.78 is 0. The number of aliphatic hydroxyl groups is 1. The lowest BCUT2D eigenvalue weighted by molar-refractivity contribution is -0.0430. The Morgan fingerprint density at radius 3 is 2.69 bits per heavy atom. The van der Waals surface area contributed by atoms with Crippen molar-refractivity contribution in [3.63, 3.8) is 0 Å². The summed E-state index contributed by atoms with van der Waals surface area (Å²) in [5.74, 6) is 0.425. The Morgan fingerprint density at radius 2 is 2.31 bits per heavy atom. The molecule has 1 unspecified atom stereocenters. The van der Waals surface area contributed by atoms with Gasteiger partial charge in [-0.05, 0) is 32.6 Å². The van der Waals surface area contributed by atoms with Crippen molar-refractivity contribution in [2.24, 2.45) is 5.92 Å². The summed E-state index contributed by atoms with van der Waals surface area (Å²) in [5.41, 5.74) is 0.169. The predicted octanol–water partition coefficient (Wildman–Crippen LogP) is 2.46. The van der Waals surface area contributed by atoms with Crippen molar-refractivity contribution in [3.05, 3.63) is 16.1 Å². The third-order valence-corrected chi connectivity index (χ3v) is 3.81. The fourth-order valence-corrected chi connectivity index (χ4v) is 2.50. The van der Waals surface area contributed by atoms with Gasteiger partial charge >= 0.3 is 0 Å². The van der Waals surface area contributed by atoms with Crippen LogP contribution in [0.3, 0.4) is 0 Å². The van der Waals surface area contributed by atoms with Gasteiger partial charge in [0.25, 0.3) is 0 Å². The van der Waals surface area contributed by atoms with Gasteiger partial charge < -0.3 is 5.11 Å². The maximum Gasteiger partial charge on any atom is 0.107 e. The van der Waals surface area contributed by atoms with Gasteiger partial charge in [0.1, 0.15) is 5.60 Å². The molecule has 3 heteroatoms. The predicted molar refractivity (Wildman–Crippen MR) is 53.8 cm³/mol. The standard InChI is InChI=1S/C10H15NOS/c1-7-11-9(6-13-7)10(2,12)8-4-3-5-8/h6,8,12H,3-5H2,1-2H3. The van der Waals surface area contributed by atoms with Crippen LogP contribution in [0.2, 0.25) is 0 Å². The minimum atomic E-state index is -0.691. The number of thiazole rings is 1. The van der Waals surface area contributed by atoms with Gasteiger partial charge in [0.15, 0.2) is 0 Å². The Balaban J connectivity index is 2.22. The fourth-order valence-electron chi connectivity index (χ4n) is 1.78. The summed E-state index contributed by atoms with van der Waals surface area (Å²) in [6.07, 6.45) is 3.54. The Bertz CT molecular complexity index is 302. The highest BCUT2D eigenvalue weighted by Gasteiger charge is 2.38. The molecular formula is C10H15NOS. The van der Waals surface area contributed by atoms with Crippen LogP contribution in [0, 0.1) is 12.8 Å². The van der Waals surface area contributed by atoms with E-state index in [0.717, 1.165) is 23.5 Å². The highest BCUT2D eigenvalue weighted by atomic mass is 32.1. The zero-order chi connectivity index (χ0) is 9.47. The molecule has 1 N–H and O–H groups in total. The van der Waals surface area contributed by atoms with Gasteiger partial charge in [-0.15, -0.1) is 11.3 Å². The van der Waals surface area contributed by atoms with Crippen molar-refractivity contribution in [1.29, 1.82) is 0 Å². The van der Waals surface area contributed by atoms with Gasteiger partial charge in [0, 0.05) is 5.38 Å². The van der Waals surface area contributed by atoms with Crippen molar-refractivity contribution < 1.29 is 5.11 Å². The molecule has 1 aromatic rings. The van der Waals surface area contributed by atoms with E-state index in [1.807, 2.05) is 19.2 Å². The van der Waals surface area contributed by atoms with E-state index in [1.165, 1.54) is 6.42 Å². The Labute approximate surface area is 82.6 Å². The summed E-state index contributed by atoms with van der Waals surface area (Å²) in [4.78, 5) is 4.35. The first kappa shape index (κ1) is 9.16. The number of aromatic nitrogens is 1. The van der Waals surface area contributed by atoms with Crippen molar-refractivity contribution >= 4 is 11.3 Å². The molecule has 1 heterocycles. The van der Waals surface area contributed by atoms with Gasteiger partial charge in [-0.1, -0.05) is 6.42 Å². The number of hydrogen-bond donors (Lipinski definition) is 1. The number of hydrogen-bond acceptors (Lipinski definition) is 3. The van der Waals surface area contributed by atoms with E-state index < -0.39 is 5.60 Å². The first-order chi connectivity index (χ1) is 6.10. The second-order valence-corrected chi connectivity index (χ2v) is 5.09. The SMILES string of the molecule is Cc1nc(C(C)(O)C2CCC2)cs1. The molecule has 0 aliphatic heterocycles. The molecule has 0 saturated heterocycles. The normalized spacial score (nSPS) is 22.4. The molecule has 1 atom stereocenters. The molecule has 2 nitrogen and oxygen atoms in total. The first-order valence-electron chi connectivity index (χ1n) is 4.75. The molecule has 1 aromatic heterocycles. The Hall–Kier alpha value is -0.410. The molecule has 0 radical (unpaired) electrons. The molecule has 2 rings (SSSR count). The third kappa shape index (κ3) is 1.51. The number of rotatable bonds is 2. The lowest BCUT2D eigenvalue weighted by Gasteiger charge is -2.37. The van der Waals surface area contributed by atoms with E-state index >= 15 is 0 Å². The Kier molecular flexibility index (Phi) is 2.16. The van der Waals surface area contributed by atoms with Gasteiger partial charge in [0.05, 0.1) is 10.7 Å². The largest absolute Gasteiger partial charge is 0.384 e. The average Bonchev–Trinajstić information content (AvgIpc) is 2.30. The van der Waals surface area contributed by atoms with Crippen LogP contribution in [0.1, 0.15) is 36.9 Å². The van der Waals surface area contributed by atoms with Crippen LogP contribution in [0.15, 0.2) is 5.38 Å². The number of aryl methyl sites for hydroxylation is 1. The van der Waals surface area contributed by atoms with Crippen LogP contribution in [0.4, 0.5) is 0 Å². The molecule has 0 aromatic carbocycles. The summed E-state index contributed by atoms with van der Waals surface area (Å²) in [6, 6.07) is 0. The molecule has 13 heavy (non-hydrogen) atoms. The van der Waals surface area contributed by atoms with Crippen LogP contribution in [-0.2, 0) is 5.60 Å². The van der Waals surface area contributed by atoms with Crippen LogP contribution >= 0.6 is 11.3 Å². The lowest BCUT2D eigenvalue weighted by Crippen LogP contribution is -2.36. The van der Waals surface area contributed by atoms with Crippen molar-refractivity contribution in [2.75, 3.05) is 0 Å². The van der Waals surface area contributed by atoms with Crippen LogP contribution in [0.5, 0.6) is 0 Å². The van der Waals surface area contributed by atoms with Gasteiger partial charge in [-0.3, -0.25) is 0 Å². The minimum absolute atomic E-state index is 0.425. The highest BCUT2D eigenvalue weighted by molar-refractivity contribution is 7.09. The maximum atomic E-state index is 10.3.